The monoisotopic (exact) mass is 456 g/mol. The standard InChI is InChI=1S/C22H21ClN4O5/c1-29-17-7-5-15(23)10-16(17)24-22(28)27-8-2-3-14(11-27)21-26-25-20(32-21)13-4-6-18-19(9-13)31-12-30-18/h4-7,9-10,14H,2-3,8,11-12H2,1H3,(H,24,28). The van der Waals surface area contributed by atoms with Gasteiger partial charge in [-0.15, -0.1) is 10.2 Å². The van der Waals surface area contributed by atoms with Crippen LogP contribution >= 0.6 is 11.6 Å². The van der Waals surface area contributed by atoms with Crippen LogP contribution < -0.4 is 19.5 Å². The number of anilines is 1. The van der Waals surface area contributed by atoms with Crippen molar-refractivity contribution in [3.63, 3.8) is 0 Å². The Balaban J connectivity index is 1.28. The number of piperidine rings is 1. The van der Waals surface area contributed by atoms with E-state index in [4.69, 9.17) is 30.2 Å². The largest absolute Gasteiger partial charge is 0.495 e. The molecule has 2 aliphatic rings. The summed E-state index contributed by atoms with van der Waals surface area (Å²) in [5, 5.41) is 11.8. The number of likely N-dealkylation sites (tertiary alicyclic amines) is 1. The molecule has 32 heavy (non-hydrogen) atoms. The van der Waals surface area contributed by atoms with Crippen molar-refractivity contribution >= 4 is 23.3 Å². The molecule has 1 saturated heterocycles. The molecule has 1 atom stereocenters. The molecule has 9 nitrogen and oxygen atoms in total. The van der Waals surface area contributed by atoms with Crippen LogP contribution in [-0.4, -0.2) is 48.1 Å². The van der Waals surface area contributed by atoms with Crippen molar-refractivity contribution in [3.05, 3.63) is 47.3 Å². The number of carbonyl (C=O) groups is 1. The van der Waals surface area contributed by atoms with Gasteiger partial charge in [0.2, 0.25) is 18.6 Å². The molecule has 2 amide bonds. The molecule has 0 aliphatic carbocycles. The van der Waals surface area contributed by atoms with Gasteiger partial charge in [-0.25, -0.2) is 4.79 Å². The van der Waals surface area contributed by atoms with Crippen molar-refractivity contribution in [2.75, 3.05) is 32.3 Å². The Hall–Kier alpha value is -3.46. The Morgan fingerprint density at radius 2 is 2.06 bits per heavy atom. The topological polar surface area (TPSA) is 99.0 Å². The Morgan fingerprint density at radius 3 is 2.94 bits per heavy atom. The Morgan fingerprint density at radius 1 is 1.19 bits per heavy atom. The highest BCUT2D eigenvalue weighted by Crippen LogP contribution is 2.36. The fourth-order valence-corrected chi connectivity index (χ4v) is 4.05. The van der Waals surface area contributed by atoms with E-state index in [1.807, 2.05) is 18.2 Å². The Bertz CT molecular complexity index is 1150. The molecule has 1 aromatic heterocycles. The maximum atomic E-state index is 12.9. The van der Waals surface area contributed by atoms with Crippen molar-refractivity contribution in [3.8, 4) is 28.7 Å². The number of urea groups is 1. The van der Waals surface area contributed by atoms with E-state index in [1.165, 1.54) is 0 Å². The van der Waals surface area contributed by atoms with Gasteiger partial charge in [-0.3, -0.25) is 0 Å². The van der Waals surface area contributed by atoms with Crippen molar-refractivity contribution in [2.24, 2.45) is 0 Å². The number of aromatic nitrogens is 2. The summed E-state index contributed by atoms with van der Waals surface area (Å²) in [7, 11) is 1.54. The van der Waals surface area contributed by atoms with Gasteiger partial charge in [-0.1, -0.05) is 11.6 Å². The predicted molar refractivity (Wildman–Crippen MR) is 116 cm³/mol. The zero-order valence-electron chi connectivity index (χ0n) is 17.3. The number of hydrogen-bond acceptors (Lipinski definition) is 7. The Labute approximate surface area is 189 Å². The Kier molecular flexibility index (Phi) is 5.48. The van der Waals surface area contributed by atoms with Crippen molar-refractivity contribution < 1.29 is 23.4 Å². The molecule has 1 fully saturated rings. The van der Waals surface area contributed by atoms with E-state index < -0.39 is 0 Å². The first-order valence-electron chi connectivity index (χ1n) is 10.2. The average Bonchev–Trinajstić information content (AvgIpc) is 3.48. The molecule has 3 heterocycles. The molecule has 1 unspecified atom stereocenters. The molecule has 2 aliphatic heterocycles. The molecule has 3 aromatic rings. The first-order valence-corrected chi connectivity index (χ1v) is 10.6. The number of carbonyl (C=O) groups excluding carboxylic acids is 1. The van der Waals surface area contributed by atoms with E-state index in [9.17, 15) is 4.79 Å². The van der Waals surface area contributed by atoms with E-state index in [1.54, 1.807) is 30.2 Å². The third-order valence-electron chi connectivity index (χ3n) is 5.52. The number of ether oxygens (including phenoxy) is 3. The van der Waals surface area contributed by atoms with E-state index in [2.05, 4.69) is 15.5 Å². The summed E-state index contributed by atoms with van der Waals surface area (Å²) >= 11 is 6.07. The molecule has 10 heteroatoms. The molecular weight excluding hydrogens is 436 g/mol. The fraction of sp³-hybridized carbons (Fsp3) is 0.318. The smallest absolute Gasteiger partial charge is 0.321 e. The second kappa shape index (κ2) is 8.58. The highest BCUT2D eigenvalue weighted by atomic mass is 35.5. The van der Waals surface area contributed by atoms with Crippen LogP contribution in [0.25, 0.3) is 11.5 Å². The lowest BCUT2D eigenvalue weighted by atomic mass is 9.98. The summed E-state index contributed by atoms with van der Waals surface area (Å²) in [5.74, 6) is 2.75. The number of nitrogens with one attached hydrogen (secondary N) is 1. The SMILES string of the molecule is COc1ccc(Cl)cc1NC(=O)N1CCCC(c2nnc(-c3ccc4c(c3)OCO4)o2)C1. The van der Waals surface area contributed by atoms with Gasteiger partial charge < -0.3 is 28.8 Å². The van der Waals surface area contributed by atoms with Gasteiger partial charge in [-0.05, 0) is 49.2 Å². The minimum absolute atomic E-state index is 0.0500. The van der Waals surface area contributed by atoms with Gasteiger partial charge in [0.1, 0.15) is 5.75 Å². The lowest BCUT2D eigenvalue weighted by molar-refractivity contribution is 0.174. The van der Waals surface area contributed by atoms with E-state index in [-0.39, 0.29) is 18.7 Å². The van der Waals surface area contributed by atoms with Gasteiger partial charge in [0.15, 0.2) is 11.5 Å². The minimum atomic E-state index is -0.231. The molecule has 2 aromatic carbocycles. The third kappa shape index (κ3) is 4.03. The van der Waals surface area contributed by atoms with Gasteiger partial charge >= 0.3 is 6.03 Å². The van der Waals surface area contributed by atoms with Gasteiger partial charge in [0.05, 0.1) is 18.7 Å². The second-order valence-corrected chi connectivity index (χ2v) is 8.01. The molecule has 5 rings (SSSR count). The van der Waals surface area contributed by atoms with Gasteiger partial charge in [0, 0.05) is 23.7 Å². The number of methoxy groups -OCH3 is 1. The molecule has 1 N–H and O–H groups in total. The highest BCUT2D eigenvalue weighted by Gasteiger charge is 2.29. The summed E-state index contributed by atoms with van der Waals surface area (Å²) in [5.41, 5.74) is 1.28. The summed E-state index contributed by atoms with van der Waals surface area (Å²) < 4.78 is 22.0. The molecule has 0 spiro atoms. The predicted octanol–water partition coefficient (Wildman–Crippen LogP) is 4.54. The van der Waals surface area contributed by atoms with Gasteiger partial charge in [-0.2, -0.15) is 0 Å². The van der Waals surface area contributed by atoms with Crippen molar-refractivity contribution in [2.45, 2.75) is 18.8 Å². The van der Waals surface area contributed by atoms with Gasteiger partial charge in [0.25, 0.3) is 0 Å². The summed E-state index contributed by atoms with van der Waals surface area (Å²) in [6.07, 6.45) is 1.68. The van der Waals surface area contributed by atoms with E-state index in [0.717, 1.165) is 18.4 Å². The van der Waals surface area contributed by atoms with Crippen molar-refractivity contribution in [1.82, 2.24) is 15.1 Å². The number of halogens is 1. The van der Waals surface area contributed by atoms with Crippen LogP contribution in [0.4, 0.5) is 10.5 Å². The zero-order valence-corrected chi connectivity index (χ0v) is 18.1. The van der Waals surface area contributed by atoms with E-state index >= 15 is 0 Å². The number of hydrogen-bond donors (Lipinski definition) is 1. The zero-order chi connectivity index (χ0) is 22.1. The highest BCUT2D eigenvalue weighted by molar-refractivity contribution is 6.31. The number of fused-ring (bicyclic) bond motifs is 1. The van der Waals surface area contributed by atoms with Crippen molar-refractivity contribution in [1.29, 1.82) is 0 Å². The number of rotatable bonds is 4. The fourth-order valence-electron chi connectivity index (χ4n) is 3.88. The summed E-state index contributed by atoms with van der Waals surface area (Å²) in [6.45, 7) is 1.31. The van der Waals surface area contributed by atoms with Crippen LogP contribution in [0, 0.1) is 0 Å². The van der Waals surface area contributed by atoms with E-state index in [0.29, 0.717) is 52.8 Å². The van der Waals surface area contributed by atoms with Crippen LogP contribution in [0.15, 0.2) is 40.8 Å². The molecule has 0 saturated carbocycles. The van der Waals surface area contributed by atoms with Crippen LogP contribution in [-0.2, 0) is 0 Å². The lowest BCUT2D eigenvalue weighted by Crippen LogP contribution is -2.41. The first kappa shape index (κ1) is 20.4. The molecule has 166 valence electrons. The number of benzene rings is 2. The maximum absolute atomic E-state index is 12.9. The summed E-state index contributed by atoms with van der Waals surface area (Å²) in [4.78, 5) is 14.6. The lowest BCUT2D eigenvalue weighted by Gasteiger charge is -2.31. The third-order valence-corrected chi connectivity index (χ3v) is 5.76. The quantitative estimate of drug-likeness (QED) is 0.615. The summed E-state index contributed by atoms with van der Waals surface area (Å²) in [6, 6.07) is 10.3. The maximum Gasteiger partial charge on any atom is 0.321 e. The first-order chi connectivity index (χ1) is 15.6. The number of amides is 2. The molecule has 0 radical (unpaired) electrons. The van der Waals surface area contributed by atoms with Crippen LogP contribution in [0.1, 0.15) is 24.7 Å². The van der Waals surface area contributed by atoms with Crippen LogP contribution in [0.3, 0.4) is 0 Å². The minimum Gasteiger partial charge on any atom is -0.495 e. The van der Waals surface area contributed by atoms with Crippen LogP contribution in [0.2, 0.25) is 5.02 Å². The average molecular weight is 457 g/mol. The molecule has 0 bridgehead atoms. The normalized spacial score (nSPS) is 17.3. The number of nitrogens with zero attached hydrogens (tertiary/aromatic N) is 3. The van der Waals surface area contributed by atoms with Crippen LogP contribution in [0.5, 0.6) is 17.2 Å². The molecular formula is C22H21ClN4O5. The second-order valence-electron chi connectivity index (χ2n) is 7.57.